The Morgan fingerprint density at radius 3 is 2.50 bits per heavy atom. The lowest BCUT2D eigenvalue weighted by Gasteiger charge is -2.21. The van der Waals surface area contributed by atoms with Crippen LogP contribution < -0.4 is 5.32 Å². The molecule has 1 aromatic rings. The van der Waals surface area contributed by atoms with Crippen LogP contribution in [0.2, 0.25) is 0 Å². The molecule has 1 fully saturated rings. The highest BCUT2D eigenvalue weighted by atomic mass is 16.6. The SMILES string of the molecule is O=C(Nc1cc([N+](=O)[O-])ccc1O)N1CCCCCC1. The van der Waals surface area contributed by atoms with Crippen LogP contribution in [0.15, 0.2) is 18.2 Å². The number of anilines is 1. The molecule has 0 aliphatic carbocycles. The number of carbonyl (C=O) groups is 1. The normalized spacial score (nSPS) is 15.5. The molecule has 0 unspecified atom stereocenters. The van der Waals surface area contributed by atoms with Crippen LogP contribution in [0.4, 0.5) is 16.2 Å². The van der Waals surface area contributed by atoms with Gasteiger partial charge in [-0.2, -0.15) is 0 Å². The second kappa shape index (κ2) is 6.23. The third kappa shape index (κ3) is 3.37. The number of amides is 2. The second-order valence-corrected chi connectivity index (χ2v) is 4.79. The van der Waals surface area contributed by atoms with E-state index in [0.29, 0.717) is 13.1 Å². The molecule has 20 heavy (non-hydrogen) atoms. The molecule has 2 rings (SSSR count). The lowest BCUT2D eigenvalue weighted by Crippen LogP contribution is -2.35. The first-order chi connectivity index (χ1) is 9.58. The predicted molar refractivity (Wildman–Crippen MR) is 73.8 cm³/mol. The number of nitrogens with zero attached hydrogens (tertiary/aromatic N) is 2. The molecule has 1 aliphatic rings. The second-order valence-electron chi connectivity index (χ2n) is 4.79. The van der Waals surface area contributed by atoms with Crippen molar-refractivity contribution >= 4 is 17.4 Å². The van der Waals surface area contributed by atoms with Gasteiger partial charge in [0.1, 0.15) is 5.75 Å². The molecule has 1 heterocycles. The number of nitro groups is 1. The molecule has 2 amide bonds. The van der Waals surface area contributed by atoms with Gasteiger partial charge in [0, 0.05) is 25.2 Å². The number of likely N-dealkylation sites (tertiary alicyclic amines) is 1. The number of phenols is 1. The number of nitrogens with one attached hydrogen (secondary N) is 1. The van der Waals surface area contributed by atoms with Gasteiger partial charge in [-0.1, -0.05) is 12.8 Å². The Kier molecular flexibility index (Phi) is 4.39. The number of phenolic OH excluding ortho intramolecular Hbond substituents is 1. The average molecular weight is 279 g/mol. The maximum absolute atomic E-state index is 12.1. The van der Waals surface area contributed by atoms with Crippen molar-refractivity contribution in [3.05, 3.63) is 28.3 Å². The summed E-state index contributed by atoms with van der Waals surface area (Å²) in [7, 11) is 0. The van der Waals surface area contributed by atoms with Gasteiger partial charge in [-0.05, 0) is 18.9 Å². The average Bonchev–Trinajstić information content (AvgIpc) is 2.70. The van der Waals surface area contributed by atoms with Crippen molar-refractivity contribution in [3.63, 3.8) is 0 Å². The summed E-state index contributed by atoms with van der Waals surface area (Å²) in [5, 5.41) is 22.9. The van der Waals surface area contributed by atoms with Gasteiger partial charge in [0.25, 0.3) is 5.69 Å². The number of rotatable bonds is 2. The van der Waals surface area contributed by atoms with Crippen molar-refractivity contribution in [2.45, 2.75) is 25.7 Å². The van der Waals surface area contributed by atoms with Crippen molar-refractivity contribution in [1.82, 2.24) is 4.90 Å². The number of hydrogen-bond donors (Lipinski definition) is 2. The summed E-state index contributed by atoms with van der Waals surface area (Å²) in [5.74, 6) is -0.182. The molecule has 2 N–H and O–H groups in total. The molecule has 7 heteroatoms. The first-order valence-electron chi connectivity index (χ1n) is 6.61. The van der Waals surface area contributed by atoms with Crippen LogP contribution in [-0.4, -0.2) is 34.1 Å². The van der Waals surface area contributed by atoms with E-state index in [1.807, 2.05) is 0 Å². The van der Waals surface area contributed by atoms with E-state index < -0.39 is 4.92 Å². The summed E-state index contributed by atoms with van der Waals surface area (Å²) in [4.78, 5) is 23.9. The van der Waals surface area contributed by atoms with Gasteiger partial charge in [0.2, 0.25) is 0 Å². The maximum atomic E-state index is 12.1. The number of hydrogen-bond acceptors (Lipinski definition) is 4. The first kappa shape index (κ1) is 14.1. The molecule has 0 radical (unpaired) electrons. The molecular weight excluding hydrogens is 262 g/mol. The smallest absolute Gasteiger partial charge is 0.321 e. The lowest BCUT2D eigenvalue weighted by atomic mass is 10.2. The van der Waals surface area contributed by atoms with Gasteiger partial charge in [-0.15, -0.1) is 0 Å². The molecule has 0 bridgehead atoms. The lowest BCUT2D eigenvalue weighted by molar-refractivity contribution is -0.384. The molecule has 1 aromatic carbocycles. The van der Waals surface area contributed by atoms with E-state index in [1.165, 1.54) is 12.1 Å². The Morgan fingerprint density at radius 1 is 1.25 bits per heavy atom. The quantitative estimate of drug-likeness (QED) is 0.494. The zero-order valence-corrected chi connectivity index (χ0v) is 11.0. The van der Waals surface area contributed by atoms with Gasteiger partial charge in [-0.3, -0.25) is 10.1 Å². The highest BCUT2D eigenvalue weighted by Crippen LogP contribution is 2.28. The van der Waals surface area contributed by atoms with Crippen LogP contribution in [0, 0.1) is 10.1 Å². The van der Waals surface area contributed by atoms with E-state index >= 15 is 0 Å². The van der Waals surface area contributed by atoms with E-state index in [9.17, 15) is 20.0 Å². The maximum Gasteiger partial charge on any atom is 0.321 e. The number of carbonyl (C=O) groups excluding carboxylic acids is 1. The zero-order chi connectivity index (χ0) is 14.5. The van der Waals surface area contributed by atoms with Gasteiger partial charge in [0.15, 0.2) is 0 Å². The number of urea groups is 1. The molecule has 1 aliphatic heterocycles. The largest absolute Gasteiger partial charge is 0.506 e. The molecule has 0 saturated carbocycles. The first-order valence-corrected chi connectivity index (χ1v) is 6.61. The van der Waals surface area contributed by atoms with E-state index in [4.69, 9.17) is 0 Å². The zero-order valence-electron chi connectivity index (χ0n) is 11.0. The number of aromatic hydroxyl groups is 1. The van der Waals surface area contributed by atoms with E-state index in [0.717, 1.165) is 31.7 Å². The molecule has 7 nitrogen and oxygen atoms in total. The summed E-state index contributed by atoms with van der Waals surface area (Å²) in [6.45, 7) is 1.34. The van der Waals surface area contributed by atoms with E-state index in [-0.39, 0.29) is 23.2 Å². The molecule has 0 aromatic heterocycles. The third-order valence-electron chi connectivity index (χ3n) is 3.33. The highest BCUT2D eigenvalue weighted by molar-refractivity contribution is 5.91. The van der Waals surface area contributed by atoms with Crippen molar-refractivity contribution < 1.29 is 14.8 Å². The Labute approximate surface area is 116 Å². The Morgan fingerprint density at radius 2 is 1.90 bits per heavy atom. The van der Waals surface area contributed by atoms with Crippen LogP contribution in [0.1, 0.15) is 25.7 Å². The topological polar surface area (TPSA) is 95.7 Å². The summed E-state index contributed by atoms with van der Waals surface area (Å²) in [5.41, 5.74) is -0.109. The molecule has 108 valence electrons. The Bertz CT molecular complexity index is 510. The van der Waals surface area contributed by atoms with Gasteiger partial charge < -0.3 is 15.3 Å². The van der Waals surface area contributed by atoms with Crippen LogP contribution in [-0.2, 0) is 0 Å². The number of benzene rings is 1. The van der Waals surface area contributed by atoms with Crippen molar-refractivity contribution in [1.29, 1.82) is 0 Å². The highest BCUT2D eigenvalue weighted by Gasteiger charge is 2.18. The predicted octanol–water partition coefficient (Wildman–Crippen LogP) is 2.71. The van der Waals surface area contributed by atoms with Crippen molar-refractivity contribution in [2.24, 2.45) is 0 Å². The molecule has 0 spiro atoms. The van der Waals surface area contributed by atoms with E-state index in [1.54, 1.807) is 4.90 Å². The Balaban J connectivity index is 2.10. The number of non-ortho nitro benzene ring substituents is 1. The molecule has 0 atom stereocenters. The van der Waals surface area contributed by atoms with Gasteiger partial charge in [0.05, 0.1) is 10.6 Å². The van der Waals surface area contributed by atoms with Crippen molar-refractivity contribution in [2.75, 3.05) is 18.4 Å². The fraction of sp³-hybridized carbons (Fsp3) is 0.462. The van der Waals surface area contributed by atoms with Crippen molar-refractivity contribution in [3.8, 4) is 5.75 Å². The fourth-order valence-corrected chi connectivity index (χ4v) is 2.21. The summed E-state index contributed by atoms with van der Waals surface area (Å²) < 4.78 is 0. The summed E-state index contributed by atoms with van der Waals surface area (Å²) in [6.07, 6.45) is 4.11. The standard InChI is InChI=1S/C13H17N3O4/c17-12-6-5-10(16(19)20)9-11(12)14-13(18)15-7-3-1-2-4-8-15/h5-6,9,17H,1-4,7-8H2,(H,14,18). The minimum absolute atomic E-state index is 0.0634. The molecular formula is C13H17N3O4. The molecule has 1 saturated heterocycles. The third-order valence-corrected chi connectivity index (χ3v) is 3.33. The fourth-order valence-electron chi connectivity index (χ4n) is 2.21. The number of nitro benzene ring substituents is 1. The monoisotopic (exact) mass is 279 g/mol. The van der Waals surface area contributed by atoms with Crippen LogP contribution in [0.3, 0.4) is 0 Å². The van der Waals surface area contributed by atoms with E-state index in [2.05, 4.69) is 5.32 Å². The summed E-state index contributed by atoms with van der Waals surface area (Å²) in [6, 6.07) is 3.22. The van der Waals surface area contributed by atoms with Gasteiger partial charge in [-0.25, -0.2) is 4.79 Å². The minimum Gasteiger partial charge on any atom is -0.506 e. The minimum atomic E-state index is -0.568. The van der Waals surface area contributed by atoms with Crippen LogP contribution in [0.25, 0.3) is 0 Å². The summed E-state index contributed by atoms with van der Waals surface area (Å²) >= 11 is 0. The van der Waals surface area contributed by atoms with Crippen LogP contribution in [0.5, 0.6) is 5.75 Å². The Hall–Kier alpha value is -2.31. The van der Waals surface area contributed by atoms with Gasteiger partial charge >= 0.3 is 6.03 Å². The van der Waals surface area contributed by atoms with Crippen LogP contribution >= 0.6 is 0 Å².